The monoisotopic (exact) mass is 1140 g/mol. The number of ether oxygens (including phenoxy) is 1. The van der Waals surface area contributed by atoms with E-state index in [2.05, 4.69) is 73.4 Å². The Bertz CT molecular complexity index is 3790. The first kappa shape index (κ1) is 59.5. The van der Waals surface area contributed by atoms with Crippen molar-refractivity contribution in [3.8, 4) is 51.7 Å². The van der Waals surface area contributed by atoms with Crippen molar-refractivity contribution in [2.45, 2.75) is 71.1 Å². The van der Waals surface area contributed by atoms with Crippen molar-refractivity contribution in [1.82, 2.24) is 39.5 Å². The lowest BCUT2D eigenvalue weighted by atomic mass is 9.77. The number of hydrogen-bond acceptors (Lipinski definition) is 16. The summed E-state index contributed by atoms with van der Waals surface area (Å²) in [7, 11) is 12.1. The molecular formula is C63H69BClN11O7. The molecule has 3 saturated heterocycles. The summed E-state index contributed by atoms with van der Waals surface area (Å²) in [6.45, 7) is 14.4. The second-order valence-corrected chi connectivity index (χ2v) is 23.3. The number of benzene rings is 2. The van der Waals surface area contributed by atoms with Crippen LogP contribution in [0.25, 0.3) is 56.0 Å². The van der Waals surface area contributed by atoms with Crippen molar-refractivity contribution < 1.29 is 32.5 Å². The van der Waals surface area contributed by atoms with E-state index in [0.29, 0.717) is 73.3 Å². The van der Waals surface area contributed by atoms with Crippen LogP contribution >= 0.6 is 11.6 Å². The summed E-state index contributed by atoms with van der Waals surface area (Å²) in [5.41, 5.74) is 10.7. The summed E-state index contributed by atoms with van der Waals surface area (Å²) in [6.07, 6.45) is 9.79. The molecule has 8 aromatic rings. The number of amides is 2. The number of likely N-dealkylation sites (N-methyl/N-ethyl adjacent to an activating group) is 1. The molecule has 0 saturated carbocycles. The fourth-order valence-electron chi connectivity index (χ4n) is 10.3. The van der Waals surface area contributed by atoms with Crippen LogP contribution in [0, 0.1) is 35.5 Å². The summed E-state index contributed by atoms with van der Waals surface area (Å²) in [5.74, 6) is 1.91. The molecule has 20 heteroatoms. The normalized spacial score (nSPS) is 17.3. The van der Waals surface area contributed by atoms with Crippen LogP contribution in [-0.2, 0) is 15.7 Å². The SMILES string of the molecule is CN1CCC(Cc2ccc(B3OC(C)(C)C(C)(C)O3)cc2C#N)C1.COc1cc(C(=O)N(C)C)ncc1-c1cc2nccc(-c3ccc(NC4CCN(C)C4)c(C#N)c3)c2o1.Cc1cc(C(=O)N(C)C)ncc1-c1cc2nccc(Cl)c2o1. The van der Waals surface area contributed by atoms with Gasteiger partial charge in [-0.1, -0.05) is 29.8 Å². The van der Waals surface area contributed by atoms with E-state index in [0.717, 1.165) is 83.6 Å². The van der Waals surface area contributed by atoms with Gasteiger partial charge in [-0.3, -0.25) is 29.5 Å². The molecule has 0 aliphatic carbocycles. The van der Waals surface area contributed by atoms with Gasteiger partial charge in [0.2, 0.25) is 0 Å². The fourth-order valence-corrected chi connectivity index (χ4v) is 10.5. The highest BCUT2D eigenvalue weighted by atomic mass is 35.5. The van der Waals surface area contributed by atoms with Crippen molar-refractivity contribution in [2.75, 3.05) is 80.9 Å². The number of nitrogens with one attached hydrogen (secondary N) is 1. The van der Waals surface area contributed by atoms with E-state index in [1.165, 1.54) is 23.3 Å². The standard InChI is InChI=1S/C28H28N6O3.C19H27BN2O2.C16H14ClN3O2/c1-33(2)28(35)24-13-25(36-4)21(15-31-24)26-12-23-27(37-26)20(7-9-30-23)17-5-6-22(18(11-17)14-29)32-19-8-10-34(3)16-19;1-18(2)19(3,4)24-20(23-18)17-7-6-15(16(11-17)12-21)10-14-8-9-22(5)13-14;1-9-6-13(16(21)20(2)3)19-8-10(9)14-7-12-15(22-14)11(17)4-5-18-12/h5-7,9,11-13,15,19,32H,8,10,16H2,1-4H3;6-7,11,14H,8-10,13H2,1-5H3;4-8H,1-3H3. The molecular weight excluding hydrogens is 1070 g/mol. The number of carbonyl (C=O) groups is 2. The van der Waals surface area contributed by atoms with Crippen LogP contribution in [0.5, 0.6) is 5.75 Å². The Labute approximate surface area is 490 Å². The molecule has 9 heterocycles. The predicted molar refractivity (Wildman–Crippen MR) is 323 cm³/mol. The maximum Gasteiger partial charge on any atom is 0.494 e. The average molecular weight is 1140 g/mol. The van der Waals surface area contributed by atoms with Crippen molar-refractivity contribution in [3.05, 3.63) is 136 Å². The summed E-state index contributed by atoms with van der Waals surface area (Å²) in [4.78, 5) is 49.1. The molecule has 3 aliphatic rings. The van der Waals surface area contributed by atoms with Crippen molar-refractivity contribution in [3.63, 3.8) is 0 Å². The smallest absolute Gasteiger partial charge is 0.494 e. The molecule has 3 aliphatic heterocycles. The lowest BCUT2D eigenvalue weighted by Crippen LogP contribution is -2.41. The van der Waals surface area contributed by atoms with Crippen LogP contribution in [0.15, 0.2) is 106 Å². The van der Waals surface area contributed by atoms with Gasteiger partial charge in [-0.05, 0) is 146 Å². The minimum absolute atomic E-state index is 0.135. The molecule has 2 aromatic carbocycles. The average Bonchev–Trinajstić information content (AvgIpc) is 3.55. The lowest BCUT2D eigenvalue weighted by molar-refractivity contribution is 0.00578. The van der Waals surface area contributed by atoms with E-state index in [1.807, 2.05) is 77.1 Å². The third-order valence-corrected chi connectivity index (χ3v) is 16.0. The molecule has 2 amide bonds. The van der Waals surface area contributed by atoms with Crippen LogP contribution in [0.3, 0.4) is 0 Å². The molecule has 2 unspecified atom stereocenters. The van der Waals surface area contributed by atoms with Gasteiger partial charge in [0.1, 0.15) is 45.8 Å². The summed E-state index contributed by atoms with van der Waals surface area (Å²) < 4.78 is 29.8. The zero-order chi connectivity index (χ0) is 59.5. The van der Waals surface area contributed by atoms with Gasteiger partial charge in [0.15, 0.2) is 11.2 Å². The zero-order valence-electron chi connectivity index (χ0n) is 49.1. The summed E-state index contributed by atoms with van der Waals surface area (Å²) >= 11 is 6.10. The summed E-state index contributed by atoms with van der Waals surface area (Å²) in [6, 6.07) is 27.5. The van der Waals surface area contributed by atoms with Crippen molar-refractivity contribution in [2.24, 2.45) is 5.92 Å². The number of nitrogens with zero attached hydrogens (tertiary/aromatic N) is 10. The number of furan rings is 2. The van der Waals surface area contributed by atoms with Gasteiger partial charge in [0, 0.05) is 101 Å². The van der Waals surface area contributed by atoms with Gasteiger partial charge in [-0.15, -0.1) is 0 Å². The van der Waals surface area contributed by atoms with E-state index < -0.39 is 7.12 Å². The topological polar surface area (TPSA) is 212 Å². The second-order valence-electron chi connectivity index (χ2n) is 22.9. The molecule has 428 valence electrons. The summed E-state index contributed by atoms with van der Waals surface area (Å²) in [5, 5.41) is 23.5. The molecule has 2 atom stereocenters. The number of halogens is 1. The van der Waals surface area contributed by atoms with Gasteiger partial charge in [-0.2, -0.15) is 10.5 Å². The molecule has 3 fully saturated rings. The number of fused-ring (bicyclic) bond motifs is 2. The maximum absolute atomic E-state index is 12.3. The largest absolute Gasteiger partial charge is 0.496 e. The molecule has 1 N–H and O–H groups in total. The predicted octanol–water partition coefficient (Wildman–Crippen LogP) is 10.2. The Kier molecular flexibility index (Phi) is 17.7. The third kappa shape index (κ3) is 13.1. The Morgan fingerprint density at radius 3 is 1.93 bits per heavy atom. The van der Waals surface area contributed by atoms with Crippen molar-refractivity contribution >= 4 is 63.9 Å². The van der Waals surface area contributed by atoms with Crippen LogP contribution in [0.1, 0.15) is 83.8 Å². The molecule has 6 aromatic heterocycles. The van der Waals surface area contributed by atoms with E-state index in [1.54, 1.807) is 71.2 Å². The highest BCUT2D eigenvalue weighted by molar-refractivity contribution is 6.62. The Morgan fingerprint density at radius 2 is 1.34 bits per heavy atom. The van der Waals surface area contributed by atoms with Gasteiger partial charge < -0.3 is 47.8 Å². The van der Waals surface area contributed by atoms with E-state index in [9.17, 15) is 20.1 Å². The van der Waals surface area contributed by atoms with Crippen LogP contribution in [-0.4, -0.2) is 151 Å². The second kappa shape index (κ2) is 24.7. The Balaban J connectivity index is 0.000000157. The van der Waals surface area contributed by atoms with Crippen LogP contribution in [0.4, 0.5) is 5.69 Å². The number of carbonyl (C=O) groups excluding carboxylic acids is 2. The number of likely N-dealkylation sites (tertiary alicyclic amines) is 2. The van der Waals surface area contributed by atoms with Gasteiger partial charge >= 0.3 is 7.12 Å². The van der Waals surface area contributed by atoms with E-state index in [-0.39, 0.29) is 28.7 Å². The van der Waals surface area contributed by atoms with E-state index in [4.69, 9.17) is 34.5 Å². The molecule has 0 radical (unpaired) electrons. The lowest BCUT2D eigenvalue weighted by Gasteiger charge is -2.32. The van der Waals surface area contributed by atoms with Gasteiger partial charge in [0.25, 0.3) is 11.8 Å². The van der Waals surface area contributed by atoms with E-state index >= 15 is 0 Å². The number of aromatic nitrogens is 4. The Morgan fingerprint density at radius 1 is 0.735 bits per heavy atom. The maximum atomic E-state index is 12.3. The molecule has 11 rings (SSSR count). The third-order valence-electron chi connectivity index (χ3n) is 15.7. The van der Waals surface area contributed by atoms with Crippen LogP contribution < -0.4 is 15.5 Å². The van der Waals surface area contributed by atoms with Gasteiger partial charge in [0.05, 0.1) is 51.8 Å². The number of pyridine rings is 4. The molecule has 0 spiro atoms. The fraction of sp³-hybridized carbons (Fsp3) is 0.365. The number of nitriles is 2. The van der Waals surface area contributed by atoms with Gasteiger partial charge in [-0.25, -0.2) is 0 Å². The number of hydrogen-bond donors (Lipinski definition) is 1. The van der Waals surface area contributed by atoms with Crippen LogP contribution in [0.2, 0.25) is 5.02 Å². The zero-order valence-corrected chi connectivity index (χ0v) is 49.9. The molecule has 83 heavy (non-hydrogen) atoms. The Hall–Kier alpha value is -8.17. The minimum Gasteiger partial charge on any atom is -0.496 e. The number of anilines is 1. The molecule has 0 bridgehead atoms. The van der Waals surface area contributed by atoms with Crippen molar-refractivity contribution in [1.29, 1.82) is 10.5 Å². The first-order valence-electron chi connectivity index (χ1n) is 27.5. The highest BCUT2D eigenvalue weighted by Crippen LogP contribution is 2.40. The first-order valence-corrected chi connectivity index (χ1v) is 27.9. The minimum atomic E-state index is -0.409. The molecule has 18 nitrogen and oxygen atoms in total. The number of aryl methyl sites for hydroxylation is 1. The number of methoxy groups -OCH3 is 1. The quantitative estimate of drug-likeness (QED) is 0.119. The first-order chi connectivity index (χ1) is 39.6. The highest BCUT2D eigenvalue weighted by Gasteiger charge is 2.51. The number of rotatable bonds is 11.